The Hall–Kier alpha value is -1.48. The number of hydrogen-bond acceptors (Lipinski definition) is 6. The molecule has 1 aromatic carbocycles. The summed E-state index contributed by atoms with van der Waals surface area (Å²) < 4.78 is 50.6. The molecule has 146 valence electrons. The van der Waals surface area contributed by atoms with Crippen molar-refractivity contribution >= 4 is 31.3 Å². The summed E-state index contributed by atoms with van der Waals surface area (Å²) in [7, 11) is -5.45. The van der Waals surface area contributed by atoms with E-state index in [0.717, 1.165) is 5.56 Å². The van der Waals surface area contributed by atoms with Crippen LogP contribution in [0.2, 0.25) is 5.02 Å². The molecule has 0 aliphatic carbocycles. The minimum absolute atomic E-state index is 0.0986. The number of hydrogen-bond donors (Lipinski definition) is 0. The minimum atomic E-state index is -3.79. The SMILES string of the molecule is CN(CCc1ccncc1)C1CS(=O)(=O)CC1S(=O)(=O)c1ccc(Cl)cc1. The molecule has 3 rings (SSSR count). The van der Waals surface area contributed by atoms with Gasteiger partial charge in [0.05, 0.1) is 21.7 Å². The van der Waals surface area contributed by atoms with Crippen LogP contribution in [0.3, 0.4) is 0 Å². The Morgan fingerprint density at radius 3 is 2.37 bits per heavy atom. The molecule has 2 atom stereocenters. The molecular weight excluding hydrogens is 408 g/mol. The van der Waals surface area contributed by atoms with Crippen molar-refractivity contribution in [2.75, 3.05) is 25.1 Å². The number of nitrogens with zero attached hydrogens (tertiary/aromatic N) is 2. The van der Waals surface area contributed by atoms with Crippen LogP contribution in [0.1, 0.15) is 5.56 Å². The Balaban J connectivity index is 1.83. The third-order valence-corrected chi connectivity index (χ3v) is 9.27. The normalized spacial score (nSPS) is 22.2. The van der Waals surface area contributed by atoms with Crippen LogP contribution in [0, 0.1) is 0 Å². The molecular formula is C18H21ClN2O4S2. The molecule has 0 spiro atoms. The van der Waals surface area contributed by atoms with Gasteiger partial charge in [-0.3, -0.25) is 4.98 Å². The van der Waals surface area contributed by atoms with Crippen LogP contribution in [-0.2, 0) is 26.1 Å². The van der Waals surface area contributed by atoms with E-state index in [-0.39, 0.29) is 16.4 Å². The summed E-state index contributed by atoms with van der Waals surface area (Å²) in [6, 6.07) is 9.05. The predicted octanol–water partition coefficient (Wildman–Crippen LogP) is 1.85. The number of likely N-dealkylation sites (N-methyl/N-ethyl adjacent to an activating group) is 1. The van der Waals surface area contributed by atoms with Crippen molar-refractivity contribution in [1.29, 1.82) is 0 Å². The van der Waals surface area contributed by atoms with Gasteiger partial charge in [-0.2, -0.15) is 0 Å². The zero-order chi connectivity index (χ0) is 19.7. The lowest BCUT2D eigenvalue weighted by atomic mass is 10.1. The van der Waals surface area contributed by atoms with E-state index in [2.05, 4.69) is 4.98 Å². The maximum absolute atomic E-state index is 13.1. The van der Waals surface area contributed by atoms with Crippen LogP contribution >= 0.6 is 11.6 Å². The zero-order valence-corrected chi connectivity index (χ0v) is 17.2. The molecule has 0 radical (unpaired) electrons. The lowest BCUT2D eigenvalue weighted by Crippen LogP contribution is -2.45. The Morgan fingerprint density at radius 2 is 1.74 bits per heavy atom. The number of rotatable bonds is 6. The molecule has 0 amide bonds. The summed E-state index contributed by atoms with van der Waals surface area (Å²) in [6.45, 7) is 0.552. The molecule has 0 saturated carbocycles. The first-order valence-corrected chi connectivity index (χ1v) is 12.2. The summed E-state index contributed by atoms with van der Waals surface area (Å²) in [5.74, 6) is -0.514. The van der Waals surface area contributed by atoms with Crippen LogP contribution in [0.25, 0.3) is 0 Å². The van der Waals surface area contributed by atoms with Crippen molar-refractivity contribution in [2.24, 2.45) is 0 Å². The second-order valence-electron chi connectivity index (χ2n) is 6.77. The van der Waals surface area contributed by atoms with E-state index in [4.69, 9.17) is 11.6 Å². The number of halogens is 1. The molecule has 0 bridgehead atoms. The monoisotopic (exact) mass is 428 g/mol. The van der Waals surface area contributed by atoms with Gasteiger partial charge in [0.15, 0.2) is 19.7 Å². The largest absolute Gasteiger partial charge is 0.301 e. The van der Waals surface area contributed by atoms with Crippen molar-refractivity contribution in [3.63, 3.8) is 0 Å². The van der Waals surface area contributed by atoms with Gasteiger partial charge in [-0.25, -0.2) is 16.8 Å². The smallest absolute Gasteiger partial charge is 0.183 e. The second kappa shape index (κ2) is 7.87. The second-order valence-corrected chi connectivity index (χ2v) is 11.5. The highest BCUT2D eigenvalue weighted by Crippen LogP contribution is 2.29. The van der Waals surface area contributed by atoms with Crippen LogP contribution in [0.15, 0.2) is 53.7 Å². The summed E-state index contributed by atoms with van der Waals surface area (Å²) in [5, 5.41) is -0.565. The predicted molar refractivity (Wildman–Crippen MR) is 105 cm³/mol. The van der Waals surface area contributed by atoms with E-state index in [1.165, 1.54) is 24.3 Å². The third-order valence-electron chi connectivity index (χ3n) is 4.88. The van der Waals surface area contributed by atoms with Crippen LogP contribution in [-0.4, -0.2) is 63.1 Å². The highest BCUT2D eigenvalue weighted by molar-refractivity contribution is 7.96. The highest BCUT2D eigenvalue weighted by Gasteiger charge is 2.47. The molecule has 1 saturated heterocycles. The molecule has 1 fully saturated rings. The Bertz CT molecular complexity index is 993. The van der Waals surface area contributed by atoms with Crippen molar-refractivity contribution in [2.45, 2.75) is 22.6 Å². The summed E-state index contributed by atoms with van der Waals surface area (Å²) in [5.41, 5.74) is 1.06. The first-order valence-electron chi connectivity index (χ1n) is 8.48. The standard InChI is InChI=1S/C18H21ClN2O4S2/c1-21(11-8-14-6-9-20-10-7-14)17-12-26(22,23)13-18(17)27(24,25)16-4-2-15(19)3-5-16/h2-7,9-10,17-18H,8,11-13H2,1H3. The first-order chi connectivity index (χ1) is 12.7. The van der Waals surface area contributed by atoms with Gasteiger partial charge in [0.1, 0.15) is 0 Å². The lowest BCUT2D eigenvalue weighted by molar-refractivity contribution is 0.266. The molecule has 2 heterocycles. The molecule has 0 N–H and O–H groups in total. The van der Waals surface area contributed by atoms with E-state index >= 15 is 0 Å². The number of pyridine rings is 1. The van der Waals surface area contributed by atoms with Crippen molar-refractivity contribution in [1.82, 2.24) is 9.88 Å². The van der Waals surface area contributed by atoms with Gasteiger partial charge < -0.3 is 4.90 Å². The third kappa shape index (κ3) is 4.68. The van der Waals surface area contributed by atoms with Crippen molar-refractivity contribution in [3.8, 4) is 0 Å². The quantitative estimate of drug-likeness (QED) is 0.698. The van der Waals surface area contributed by atoms with Gasteiger partial charge in [-0.15, -0.1) is 0 Å². The molecule has 9 heteroatoms. The van der Waals surface area contributed by atoms with E-state index < -0.39 is 31.0 Å². The van der Waals surface area contributed by atoms with Crippen molar-refractivity contribution < 1.29 is 16.8 Å². The van der Waals surface area contributed by atoms with Gasteiger partial charge >= 0.3 is 0 Å². The minimum Gasteiger partial charge on any atom is -0.301 e. The van der Waals surface area contributed by atoms with Gasteiger partial charge in [0.2, 0.25) is 0 Å². The van der Waals surface area contributed by atoms with Gasteiger partial charge in [-0.05, 0) is 55.4 Å². The Labute approximate surface area is 165 Å². The molecule has 1 aliphatic rings. The van der Waals surface area contributed by atoms with Crippen LogP contribution in [0.4, 0.5) is 0 Å². The van der Waals surface area contributed by atoms with Gasteiger partial charge in [0, 0.05) is 30.0 Å². The number of benzene rings is 1. The maximum atomic E-state index is 13.1. The van der Waals surface area contributed by atoms with Crippen LogP contribution in [0.5, 0.6) is 0 Å². The van der Waals surface area contributed by atoms with E-state index in [0.29, 0.717) is 18.0 Å². The summed E-state index contributed by atoms with van der Waals surface area (Å²) in [6.07, 6.45) is 4.08. The fourth-order valence-electron chi connectivity index (χ4n) is 3.32. The average Bonchev–Trinajstić information content (AvgIpc) is 2.97. The number of sulfone groups is 2. The molecule has 2 aromatic rings. The summed E-state index contributed by atoms with van der Waals surface area (Å²) >= 11 is 5.84. The first kappa shape index (κ1) is 20.3. The van der Waals surface area contributed by atoms with Gasteiger partial charge in [-0.1, -0.05) is 11.6 Å². The maximum Gasteiger partial charge on any atom is 0.183 e. The molecule has 2 unspecified atom stereocenters. The van der Waals surface area contributed by atoms with E-state index in [9.17, 15) is 16.8 Å². The summed E-state index contributed by atoms with van der Waals surface area (Å²) in [4.78, 5) is 5.91. The van der Waals surface area contributed by atoms with Crippen LogP contribution < -0.4 is 0 Å². The number of aromatic nitrogens is 1. The topological polar surface area (TPSA) is 84.4 Å². The van der Waals surface area contributed by atoms with E-state index in [1.54, 1.807) is 19.4 Å². The Kier molecular flexibility index (Phi) is 5.90. The highest BCUT2D eigenvalue weighted by atomic mass is 35.5. The lowest BCUT2D eigenvalue weighted by Gasteiger charge is -2.28. The fraction of sp³-hybridized carbons (Fsp3) is 0.389. The molecule has 1 aliphatic heterocycles. The average molecular weight is 429 g/mol. The molecule has 1 aromatic heterocycles. The Morgan fingerprint density at radius 1 is 1.11 bits per heavy atom. The van der Waals surface area contributed by atoms with E-state index in [1.807, 2.05) is 17.0 Å². The zero-order valence-electron chi connectivity index (χ0n) is 14.8. The van der Waals surface area contributed by atoms with Crippen molar-refractivity contribution in [3.05, 3.63) is 59.4 Å². The van der Waals surface area contributed by atoms with Gasteiger partial charge in [0.25, 0.3) is 0 Å². The molecule has 6 nitrogen and oxygen atoms in total. The fourth-order valence-corrected chi connectivity index (χ4v) is 8.36. The molecule has 27 heavy (non-hydrogen) atoms.